The largest absolute Gasteiger partial charge is 0.394 e. The summed E-state index contributed by atoms with van der Waals surface area (Å²) in [5, 5.41) is 8.60. The molecule has 16 heteroatoms. The number of aliphatic hydroxyl groups excluding tert-OH is 1. The average molecular weight is 847 g/mol. The third-order valence-electron chi connectivity index (χ3n) is 8.09. The van der Waals surface area contributed by atoms with Gasteiger partial charge in [0.15, 0.2) is 0 Å². The van der Waals surface area contributed by atoms with E-state index in [2.05, 4.69) is 6.92 Å². The Labute approximate surface area is 351 Å². The molecule has 0 radical (unpaired) electrons. The molecule has 0 aromatic heterocycles. The van der Waals surface area contributed by atoms with E-state index in [1.54, 1.807) is 0 Å². The van der Waals surface area contributed by atoms with Crippen LogP contribution in [0.1, 0.15) is 71.1 Å². The minimum atomic E-state index is 0.0236. The lowest BCUT2D eigenvalue weighted by atomic mass is 10.1. The van der Waals surface area contributed by atoms with E-state index in [1.807, 2.05) is 0 Å². The molecule has 0 heterocycles. The molecule has 0 aliphatic heterocycles. The summed E-state index contributed by atoms with van der Waals surface area (Å²) in [5.74, 6) is 0. The van der Waals surface area contributed by atoms with Crippen LogP contribution in [0.3, 0.4) is 0 Å². The molecule has 0 aromatic carbocycles. The van der Waals surface area contributed by atoms with Crippen LogP contribution in [0.5, 0.6) is 0 Å². The molecular formula is C42H86O16. The van der Waals surface area contributed by atoms with Crippen molar-refractivity contribution in [1.29, 1.82) is 0 Å². The van der Waals surface area contributed by atoms with Crippen LogP contribution in [-0.4, -0.2) is 210 Å². The van der Waals surface area contributed by atoms with E-state index in [-0.39, 0.29) is 6.61 Å². The summed E-state index contributed by atoms with van der Waals surface area (Å²) in [6, 6.07) is 0. The van der Waals surface area contributed by atoms with Crippen molar-refractivity contribution in [3.05, 3.63) is 0 Å². The summed E-state index contributed by atoms with van der Waals surface area (Å²) in [6.45, 7) is 18.0. The zero-order chi connectivity index (χ0) is 41.6. The Morgan fingerprint density at radius 1 is 0.190 bits per heavy atom. The fourth-order valence-electron chi connectivity index (χ4n) is 4.94. The zero-order valence-corrected chi connectivity index (χ0v) is 36.6. The van der Waals surface area contributed by atoms with Crippen LogP contribution in [0.25, 0.3) is 0 Å². The second kappa shape index (κ2) is 56.4. The number of rotatable bonds is 55. The number of ether oxygens (including phenoxy) is 15. The highest BCUT2D eigenvalue weighted by Crippen LogP contribution is 2.10. The van der Waals surface area contributed by atoms with Crippen molar-refractivity contribution < 1.29 is 76.2 Å². The molecule has 58 heavy (non-hydrogen) atoms. The fraction of sp³-hybridized carbons (Fsp3) is 1.00. The molecule has 0 aliphatic carbocycles. The molecule has 0 bridgehead atoms. The van der Waals surface area contributed by atoms with Crippen LogP contribution >= 0.6 is 0 Å². The zero-order valence-electron chi connectivity index (χ0n) is 36.6. The van der Waals surface area contributed by atoms with Crippen LogP contribution in [0.15, 0.2) is 0 Å². The van der Waals surface area contributed by atoms with Gasteiger partial charge in [-0.15, -0.1) is 0 Å². The van der Waals surface area contributed by atoms with Crippen molar-refractivity contribution in [2.75, 3.05) is 205 Å². The van der Waals surface area contributed by atoms with Crippen molar-refractivity contribution in [2.24, 2.45) is 0 Å². The molecule has 0 saturated carbocycles. The van der Waals surface area contributed by atoms with Crippen molar-refractivity contribution in [1.82, 2.24) is 0 Å². The molecule has 0 aliphatic rings. The van der Waals surface area contributed by atoms with E-state index in [1.165, 1.54) is 57.8 Å². The van der Waals surface area contributed by atoms with Gasteiger partial charge in [0.05, 0.1) is 198 Å². The van der Waals surface area contributed by atoms with E-state index >= 15 is 0 Å². The summed E-state index contributed by atoms with van der Waals surface area (Å²) < 4.78 is 82.1. The van der Waals surface area contributed by atoms with Crippen molar-refractivity contribution in [3.63, 3.8) is 0 Å². The van der Waals surface area contributed by atoms with Gasteiger partial charge in [-0.3, -0.25) is 0 Å². The maximum absolute atomic E-state index is 8.60. The van der Waals surface area contributed by atoms with Crippen LogP contribution in [0, 0.1) is 0 Å². The van der Waals surface area contributed by atoms with Crippen LogP contribution in [0.4, 0.5) is 0 Å². The highest BCUT2D eigenvalue weighted by atomic mass is 16.6. The molecule has 0 rings (SSSR count). The lowest BCUT2D eigenvalue weighted by molar-refractivity contribution is -0.0301. The van der Waals surface area contributed by atoms with Gasteiger partial charge in [-0.1, -0.05) is 64.7 Å². The normalized spacial score (nSPS) is 11.7. The van der Waals surface area contributed by atoms with Gasteiger partial charge in [0.2, 0.25) is 0 Å². The van der Waals surface area contributed by atoms with E-state index in [0.29, 0.717) is 192 Å². The van der Waals surface area contributed by atoms with Gasteiger partial charge in [-0.05, 0) is 6.42 Å². The molecule has 0 aromatic rings. The summed E-state index contributed by atoms with van der Waals surface area (Å²) in [4.78, 5) is 0. The molecule has 0 saturated heterocycles. The highest BCUT2D eigenvalue weighted by Gasteiger charge is 1.98. The standard InChI is InChI=1S/C42H86O16/c1-2-3-4-5-6-7-8-9-10-11-13-44-15-17-46-19-21-48-23-25-50-27-29-52-31-33-54-35-37-56-39-41-58-42-40-57-38-36-55-34-32-53-30-28-51-26-24-49-22-20-47-18-16-45-14-12-43/h43H,2-42H2,1H3. The fourth-order valence-corrected chi connectivity index (χ4v) is 4.94. The first-order valence-corrected chi connectivity index (χ1v) is 22.2. The Balaban J connectivity index is 3.05. The predicted octanol–water partition coefficient (Wildman–Crippen LogP) is 4.15. The number of hydrogen-bond acceptors (Lipinski definition) is 16. The van der Waals surface area contributed by atoms with Crippen molar-refractivity contribution in [2.45, 2.75) is 71.1 Å². The molecule has 0 fully saturated rings. The first kappa shape index (κ1) is 57.4. The second-order valence-electron chi connectivity index (χ2n) is 13.1. The monoisotopic (exact) mass is 847 g/mol. The molecule has 0 atom stereocenters. The summed E-state index contributed by atoms with van der Waals surface area (Å²) in [5.41, 5.74) is 0. The molecule has 1 N–H and O–H groups in total. The predicted molar refractivity (Wildman–Crippen MR) is 221 cm³/mol. The Bertz CT molecular complexity index is 644. The number of aliphatic hydroxyl groups is 1. The Kier molecular flexibility index (Phi) is 55.7. The summed E-state index contributed by atoms with van der Waals surface area (Å²) in [6.07, 6.45) is 13.4. The molecule has 0 unspecified atom stereocenters. The topological polar surface area (TPSA) is 159 Å². The van der Waals surface area contributed by atoms with Crippen molar-refractivity contribution in [3.8, 4) is 0 Å². The van der Waals surface area contributed by atoms with Crippen LogP contribution in [0.2, 0.25) is 0 Å². The maximum Gasteiger partial charge on any atom is 0.0701 e. The highest BCUT2D eigenvalue weighted by molar-refractivity contribution is 4.48. The summed E-state index contributed by atoms with van der Waals surface area (Å²) in [7, 11) is 0. The minimum absolute atomic E-state index is 0.0236. The molecular weight excluding hydrogens is 760 g/mol. The van der Waals surface area contributed by atoms with Gasteiger partial charge >= 0.3 is 0 Å². The second-order valence-corrected chi connectivity index (χ2v) is 13.1. The minimum Gasteiger partial charge on any atom is -0.394 e. The van der Waals surface area contributed by atoms with Gasteiger partial charge in [-0.2, -0.15) is 0 Å². The van der Waals surface area contributed by atoms with Gasteiger partial charge in [0.25, 0.3) is 0 Å². The van der Waals surface area contributed by atoms with E-state index in [4.69, 9.17) is 76.2 Å². The lowest BCUT2D eigenvalue weighted by Gasteiger charge is -2.09. The van der Waals surface area contributed by atoms with Crippen LogP contribution in [-0.2, 0) is 71.1 Å². The Morgan fingerprint density at radius 2 is 0.345 bits per heavy atom. The third kappa shape index (κ3) is 55.4. The summed E-state index contributed by atoms with van der Waals surface area (Å²) >= 11 is 0. The number of hydrogen-bond donors (Lipinski definition) is 1. The van der Waals surface area contributed by atoms with Gasteiger partial charge in [-0.25, -0.2) is 0 Å². The molecule has 350 valence electrons. The van der Waals surface area contributed by atoms with Gasteiger partial charge in [0.1, 0.15) is 0 Å². The van der Waals surface area contributed by atoms with E-state index in [0.717, 1.165) is 13.0 Å². The van der Waals surface area contributed by atoms with Gasteiger partial charge < -0.3 is 76.2 Å². The smallest absolute Gasteiger partial charge is 0.0701 e. The van der Waals surface area contributed by atoms with Crippen molar-refractivity contribution >= 4 is 0 Å². The quantitative estimate of drug-likeness (QED) is 0.0870. The number of unbranched alkanes of at least 4 members (excludes halogenated alkanes) is 9. The van der Waals surface area contributed by atoms with Gasteiger partial charge in [0, 0.05) is 6.61 Å². The average Bonchev–Trinajstić information content (AvgIpc) is 3.23. The maximum atomic E-state index is 8.60. The van der Waals surface area contributed by atoms with E-state index in [9.17, 15) is 0 Å². The van der Waals surface area contributed by atoms with Crippen LogP contribution < -0.4 is 0 Å². The third-order valence-corrected chi connectivity index (χ3v) is 8.09. The first-order valence-electron chi connectivity index (χ1n) is 22.2. The molecule has 16 nitrogen and oxygen atoms in total. The Morgan fingerprint density at radius 3 is 0.534 bits per heavy atom. The molecule has 0 spiro atoms. The Hall–Kier alpha value is -0.640. The first-order chi connectivity index (χ1) is 28.9. The van der Waals surface area contributed by atoms with E-state index < -0.39 is 0 Å². The molecule has 0 amide bonds. The lowest BCUT2D eigenvalue weighted by Crippen LogP contribution is -2.15. The SMILES string of the molecule is CCCCCCCCCCCCOCCOCCOCCOCCOCCOCCOCCOCCOCCOCCOCCOCCOCCOCCOCCO.